The largest absolute Gasteiger partial charge is 0.367 e. The lowest BCUT2D eigenvalue weighted by Gasteiger charge is -2.38. The number of piperazine rings is 1. The number of fused-ring (bicyclic) bond motifs is 2. The number of amides is 1. The van der Waals surface area contributed by atoms with Crippen molar-refractivity contribution in [2.45, 2.75) is 11.9 Å². The topological polar surface area (TPSA) is 45.3 Å². The van der Waals surface area contributed by atoms with Crippen LogP contribution >= 0.6 is 11.6 Å². The number of hydrogen-bond donors (Lipinski definition) is 0. The molecule has 1 amide bonds. The minimum Gasteiger partial charge on any atom is -0.367 e. The van der Waals surface area contributed by atoms with Crippen LogP contribution in [0.4, 0.5) is 15.8 Å². The van der Waals surface area contributed by atoms with Gasteiger partial charge in [0, 0.05) is 31.7 Å². The summed E-state index contributed by atoms with van der Waals surface area (Å²) in [7, 11) is 0. The number of carbonyl (C=O) groups is 1. The predicted molar refractivity (Wildman–Crippen MR) is 112 cm³/mol. The van der Waals surface area contributed by atoms with Gasteiger partial charge in [-0.3, -0.25) is 14.6 Å². The molecule has 5 rings (SSSR count). The molecule has 0 aliphatic carbocycles. The fraction of sp³-hybridized carbons (Fsp3) is 0.409. The second-order valence-corrected chi connectivity index (χ2v) is 8.08. The van der Waals surface area contributed by atoms with E-state index in [2.05, 4.69) is 4.90 Å². The van der Waals surface area contributed by atoms with Crippen LogP contribution in [0.2, 0.25) is 0 Å². The fourth-order valence-corrected chi connectivity index (χ4v) is 4.56. The van der Waals surface area contributed by atoms with Crippen molar-refractivity contribution in [1.29, 1.82) is 0 Å². The summed E-state index contributed by atoms with van der Waals surface area (Å²) in [4.78, 5) is 19.4. The van der Waals surface area contributed by atoms with Crippen LogP contribution in [0.1, 0.15) is 5.56 Å². The summed E-state index contributed by atoms with van der Waals surface area (Å²) in [5, 5.41) is 0. The number of rotatable bonds is 4. The minimum atomic E-state index is -1.40. The molecule has 3 aliphatic rings. The first-order chi connectivity index (χ1) is 14.6. The van der Waals surface area contributed by atoms with Gasteiger partial charge in [0.05, 0.1) is 36.6 Å². The van der Waals surface area contributed by atoms with Gasteiger partial charge in [-0.2, -0.15) is 0 Å². The third kappa shape index (κ3) is 3.17. The van der Waals surface area contributed by atoms with E-state index < -0.39 is 5.79 Å². The molecule has 0 N–H and O–H groups in total. The molecule has 2 saturated heterocycles. The minimum absolute atomic E-state index is 0.207. The first kappa shape index (κ1) is 19.8. The molecule has 0 saturated carbocycles. The van der Waals surface area contributed by atoms with E-state index in [1.807, 2.05) is 35.2 Å². The Kier molecular flexibility index (Phi) is 5.14. The number of benzene rings is 2. The van der Waals surface area contributed by atoms with Crippen LogP contribution in [0, 0.1) is 5.82 Å². The van der Waals surface area contributed by atoms with Gasteiger partial charge >= 0.3 is 0 Å². The molecule has 2 fully saturated rings. The van der Waals surface area contributed by atoms with E-state index in [9.17, 15) is 9.18 Å². The number of anilines is 2. The standard InChI is InChI=1S/C22H23ClFN3O3/c23-13-16-14-29-22(30-16)17-5-1-3-7-19(17)27(21(22)28)15-25-9-11-26(12-10-25)20-8-4-2-6-18(20)24/h1-8,16H,9-15H2/t16-,22+/m0/s1. The molecule has 2 aromatic carbocycles. The Morgan fingerprint density at radius 1 is 1.03 bits per heavy atom. The Balaban J connectivity index is 1.31. The highest BCUT2D eigenvalue weighted by Gasteiger charge is 2.58. The van der Waals surface area contributed by atoms with Gasteiger partial charge in [-0.1, -0.05) is 30.3 Å². The maximum atomic E-state index is 14.1. The summed E-state index contributed by atoms with van der Waals surface area (Å²) >= 11 is 5.94. The maximum absolute atomic E-state index is 14.1. The molecule has 0 radical (unpaired) electrons. The quantitative estimate of drug-likeness (QED) is 0.697. The van der Waals surface area contributed by atoms with Crippen molar-refractivity contribution < 1.29 is 18.7 Å². The Labute approximate surface area is 179 Å². The van der Waals surface area contributed by atoms with Crippen LogP contribution in [-0.4, -0.2) is 62.2 Å². The second-order valence-electron chi connectivity index (χ2n) is 7.77. The summed E-state index contributed by atoms with van der Waals surface area (Å²) in [5.74, 6) is -1.55. The summed E-state index contributed by atoms with van der Waals surface area (Å²) in [6.07, 6.45) is -0.312. The van der Waals surface area contributed by atoms with Crippen molar-refractivity contribution in [1.82, 2.24) is 4.90 Å². The van der Waals surface area contributed by atoms with E-state index in [0.29, 0.717) is 32.1 Å². The Hall–Kier alpha value is -2.19. The van der Waals surface area contributed by atoms with E-state index in [1.165, 1.54) is 6.07 Å². The van der Waals surface area contributed by atoms with E-state index >= 15 is 0 Å². The van der Waals surface area contributed by atoms with Crippen LogP contribution in [0.25, 0.3) is 0 Å². The van der Waals surface area contributed by atoms with Gasteiger partial charge in [-0.25, -0.2) is 4.39 Å². The van der Waals surface area contributed by atoms with Gasteiger partial charge in [-0.05, 0) is 18.2 Å². The molecule has 2 aromatic rings. The smallest absolute Gasteiger partial charge is 0.293 e. The zero-order chi connectivity index (χ0) is 20.7. The molecule has 3 aliphatic heterocycles. The van der Waals surface area contributed by atoms with Gasteiger partial charge in [0.15, 0.2) is 0 Å². The summed E-state index contributed by atoms with van der Waals surface area (Å²) < 4.78 is 26.0. The normalized spacial score (nSPS) is 26.6. The van der Waals surface area contributed by atoms with E-state index in [1.54, 1.807) is 17.0 Å². The molecule has 3 heterocycles. The molecule has 0 aromatic heterocycles. The van der Waals surface area contributed by atoms with E-state index in [-0.39, 0.29) is 23.7 Å². The van der Waals surface area contributed by atoms with Crippen LogP contribution < -0.4 is 9.80 Å². The number of ether oxygens (including phenoxy) is 2. The van der Waals surface area contributed by atoms with Crippen LogP contribution in [0.15, 0.2) is 48.5 Å². The summed E-state index contributed by atoms with van der Waals surface area (Å²) in [5.41, 5.74) is 2.15. The molecular weight excluding hydrogens is 409 g/mol. The van der Waals surface area contributed by atoms with Gasteiger partial charge in [-0.15, -0.1) is 11.6 Å². The van der Waals surface area contributed by atoms with Gasteiger partial charge < -0.3 is 14.4 Å². The molecular formula is C22H23ClFN3O3. The average molecular weight is 432 g/mol. The van der Waals surface area contributed by atoms with Crippen LogP contribution in [0.3, 0.4) is 0 Å². The Morgan fingerprint density at radius 2 is 1.73 bits per heavy atom. The predicted octanol–water partition coefficient (Wildman–Crippen LogP) is 2.76. The monoisotopic (exact) mass is 431 g/mol. The van der Waals surface area contributed by atoms with Gasteiger partial charge in [0.25, 0.3) is 11.7 Å². The first-order valence-electron chi connectivity index (χ1n) is 10.1. The number of nitrogens with zero attached hydrogens (tertiary/aromatic N) is 3. The molecule has 0 bridgehead atoms. The number of para-hydroxylation sites is 2. The lowest BCUT2D eigenvalue weighted by molar-refractivity contribution is -0.185. The van der Waals surface area contributed by atoms with Crippen molar-refractivity contribution in [2.75, 3.05) is 55.1 Å². The Bertz CT molecular complexity index is 953. The lowest BCUT2D eigenvalue weighted by Crippen LogP contribution is -2.52. The lowest BCUT2D eigenvalue weighted by atomic mass is 10.1. The van der Waals surface area contributed by atoms with Crippen molar-refractivity contribution in [3.63, 3.8) is 0 Å². The van der Waals surface area contributed by atoms with Crippen molar-refractivity contribution in [2.24, 2.45) is 0 Å². The SMILES string of the molecule is O=C1N(CN2CCN(c3ccccc3F)CC2)c2ccccc2[C@]12OC[C@H](CCl)O2. The molecule has 158 valence electrons. The molecule has 30 heavy (non-hydrogen) atoms. The zero-order valence-electron chi connectivity index (χ0n) is 16.5. The highest BCUT2D eigenvalue weighted by molar-refractivity contribution is 6.18. The highest BCUT2D eigenvalue weighted by atomic mass is 35.5. The Morgan fingerprint density at radius 3 is 2.43 bits per heavy atom. The first-order valence-corrected chi connectivity index (χ1v) is 10.7. The fourth-order valence-electron chi connectivity index (χ4n) is 4.41. The number of halogens is 2. The molecule has 1 spiro atoms. The molecule has 8 heteroatoms. The molecule has 2 atom stereocenters. The average Bonchev–Trinajstić information content (AvgIpc) is 3.32. The number of hydrogen-bond acceptors (Lipinski definition) is 5. The van der Waals surface area contributed by atoms with Crippen molar-refractivity contribution in [3.05, 3.63) is 59.9 Å². The van der Waals surface area contributed by atoms with Gasteiger partial charge in [0.2, 0.25) is 0 Å². The summed E-state index contributed by atoms with van der Waals surface area (Å²) in [6.45, 7) is 3.55. The number of alkyl halides is 1. The number of carbonyl (C=O) groups excluding carboxylic acids is 1. The van der Waals surface area contributed by atoms with E-state index in [4.69, 9.17) is 21.1 Å². The maximum Gasteiger partial charge on any atom is 0.293 e. The van der Waals surface area contributed by atoms with Crippen LogP contribution in [-0.2, 0) is 20.1 Å². The van der Waals surface area contributed by atoms with E-state index in [0.717, 1.165) is 24.3 Å². The van der Waals surface area contributed by atoms with Crippen molar-refractivity contribution >= 4 is 28.9 Å². The van der Waals surface area contributed by atoms with Gasteiger partial charge in [0.1, 0.15) is 5.82 Å². The molecule has 6 nitrogen and oxygen atoms in total. The third-order valence-corrected chi connectivity index (χ3v) is 6.30. The highest BCUT2D eigenvalue weighted by Crippen LogP contribution is 2.47. The molecule has 0 unspecified atom stereocenters. The third-order valence-electron chi connectivity index (χ3n) is 5.96. The van der Waals surface area contributed by atoms with Crippen molar-refractivity contribution in [3.8, 4) is 0 Å². The summed E-state index contributed by atoms with van der Waals surface area (Å²) in [6, 6.07) is 14.4. The second kappa shape index (κ2) is 7.81. The zero-order valence-corrected chi connectivity index (χ0v) is 17.2. The van der Waals surface area contributed by atoms with Crippen LogP contribution in [0.5, 0.6) is 0 Å².